The standard InChI is InChI=1S/C13H16FN3O2S/c1-18-7-4-8-19-11-6-3-5-10(14)12(11)17-13(20-2)16-9-15/h3,5-6H,4,7-8H2,1-2H3,(H,16,17). The molecule has 7 heteroatoms. The Labute approximate surface area is 121 Å². The van der Waals surface area contributed by atoms with Gasteiger partial charge in [0.1, 0.15) is 11.4 Å². The second-order valence-corrected chi connectivity index (χ2v) is 4.43. The molecule has 0 fully saturated rings. The van der Waals surface area contributed by atoms with E-state index in [-0.39, 0.29) is 5.69 Å². The Morgan fingerprint density at radius 1 is 1.50 bits per heavy atom. The van der Waals surface area contributed by atoms with Gasteiger partial charge in [-0.15, -0.1) is 0 Å². The van der Waals surface area contributed by atoms with E-state index in [1.54, 1.807) is 31.7 Å². The number of aliphatic imine (C=N–C) groups is 1. The van der Waals surface area contributed by atoms with E-state index < -0.39 is 5.82 Å². The molecule has 1 rings (SSSR count). The molecule has 0 saturated carbocycles. The number of amidine groups is 1. The first-order valence-corrected chi connectivity index (χ1v) is 7.13. The van der Waals surface area contributed by atoms with Crippen molar-refractivity contribution in [3.8, 4) is 11.9 Å². The molecule has 0 radical (unpaired) electrons. The van der Waals surface area contributed by atoms with E-state index in [1.807, 2.05) is 0 Å². The molecule has 0 spiro atoms. The average molecular weight is 297 g/mol. The van der Waals surface area contributed by atoms with Crippen LogP contribution in [0, 0.1) is 17.3 Å². The van der Waals surface area contributed by atoms with Crippen LogP contribution < -0.4 is 10.1 Å². The molecule has 1 aromatic rings. The molecule has 0 aliphatic carbocycles. The molecule has 1 aromatic carbocycles. The van der Waals surface area contributed by atoms with Crippen LogP contribution in [0.4, 0.5) is 10.1 Å². The van der Waals surface area contributed by atoms with Crippen molar-refractivity contribution in [2.24, 2.45) is 4.99 Å². The molecule has 108 valence electrons. The van der Waals surface area contributed by atoms with Gasteiger partial charge in [-0.25, -0.2) is 9.38 Å². The van der Waals surface area contributed by atoms with Crippen molar-refractivity contribution >= 4 is 22.6 Å². The molecule has 5 nitrogen and oxygen atoms in total. The van der Waals surface area contributed by atoms with Crippen molar-refractivity contribution in [1.29, 1.82) is 5.26 Å². The minimum Gasteiger partial charge on any atom is -0.491 e. The van der Waals surface area contributed by atoms with Crippen molar-refractivity contribution in [3.63, 3.8) is 0 Å². The maximum atomic E-state index is 13.8. The Morgan fingerprint density at radius 2 is 2.30 bits per heavy atom. The van der Waals surface area contributed by atoms with Gasteiger partial charge in [-0.05, 0) is 18.4 Å². The molecule has 0 atom stereocenters. The number of hydrogen-bond donors (Lipinski definition) is 1. The third-order valence-corrected chi connectivity index (χ3v) is 2.85. The van der Waals surface area contributed by atoms with Gasteiger partial charge in [-0.2, -0.15) is 5.26 Å². The Morgan fingerprint density at radius 3 is 2.95 bits per heavy atom. The highest BCUT2D eigenvalue weighted by Crippen LogP contribution is 2.31. The van der Waals surface area contributed by atoms with Crippen LogP contribution in [0.15, 0.2) is 23.2 Å². The lowest BCUT2D eigenvalue weighted by Crippen LogP contribution is -2.12. The van der Waals surface area contributed by atoms with Crippen LogP contribution in [-0.4, -0.2) is 31.7 Å². The van der Waals surface area contributed by atoms with Crippen molar-refractivity contribution in [3.05, 3.63) is 24.0 Å². The molecule has 20 heavy (non-hydrogen) atoms. The molecule has 0 bridgehead atoms. The molecule has 0 aromatic heterocycles. The summed E-state index contributed by atoms with van der Waals surface area (Å²) in [4.78, 5) is 4.08. The van der Waals surface area contributed by atoms with Crippen molar-refractivity contribution < 1.29 is 13.9 Å². The Hall–Kier alpha value is -1.78. The first-order chi connectivity index (χ1) is 9.72. The van der Waals surface area contributed by atoms with Crippen LogP contribution in [0.2, 0.25) is 0 Å². The van der Waals surface area contributed by atoms with Gasteiger partial charge in [-0.3, -0.25) is 5.32 Å². The number of nitriles is 1. The highest BCUT2D eigenvalue weighted by atomic mass is 32.2. The second kappa shape index (κ2) is 9.18. The molecule has 0 heterocycles. The summed E-state index contributed by atoms with van der Waals surface area (Å²) in [6.45, 7) is 0.972. The summed E-state index contributed by atoms with van der Waals surface area (Å²) in [6, 6.07) is 4.49. The normalized spacial score (nSPS) is 11.0. The SMILES string of the molecule is COCCCOc1cccc(F)c1N=C(NC#N)SC. The predicted molar refractivity (Wildman–Crippen MR) is 77.7 cm³/mol. The van der Waals surface area contributed by atoms with E-state index in [2.05, 4.69) is 10.3 Å². The number of hydrogen-bond acceptors (Lipinski definition) is 5. The highest BCUT2D eigenvalue weighted by molar-refractivity contribution is 8.13. The first-order valence-electron chi connectivity index (χ1n) is 5.91. The second-order valence-electron chi connectivity index (χ2n) is 3.64. The molecule has 1 N–H and O–H groups in total. The van der Waals surface area contributed by atoms with Crippen LogP contribution in [0.5, 0.6) is 5.75 Å². The van der Waals surface area contributed by atoms with Crippen molar-refractivity contribution in [1.82, 2.24) is 5.32 Å². The van der Waals surface area contributed by atoms with E-state index >= 15 is 0 Å². The fraction of sp³-hybridized carbons (Fsp3) is 0.385. The number of para-hydroxylation sites is 1. The van der Waals surface area contributed by atoms with Gasteiger partial charge in [0.2, 0.25) is 0 Å². The monoisotopic (exact) mass is 297 g/mol. The summed E-state index contributed by atoms with van der Waals surface area (Å²) >= 11 is 1.21. The minimum atomic E-state index is -0.500. The summed E-state index contributed by atoms with van der Waals surface area (Å²) in [5, 5.41) is 11.3. The Bertz CT molecular complexity index is 503. The van der Waals surface area contributed by atoms with Crippen molar-refractivity contribution in [2.45, 2.75) is 6.42 Å². The summed E-state index contributed by atoms with van der Waals surface area (Å²) in [7, 11) is 1.61. The van der Waals surface area contributed by atoms with E-state index in [0.29, 0.717) is 30.6 Å². The quantitative estimate of drug-likeness (QED) is 0.287. The van der Waals surface area contributed by atoms with Crippen LogP contribution in [0.3, 0.4) is 0 Å². The number of nitrogens with one attached hydrogen (secondary N) is 1. The van der Waals surface area contributed by atoms with Crippen LogP contribution in [-0.2, 0) is 4.74 Å². The predicted octanol–water partition coefficient (Wildman–Crippen LogP) is 2.66. The number of rotatable bonds is 6. The topological polar surface area (TPSA) is 66.6 Å². The van der Waals surface area contributed by atoms with Gasteiger partial charge in [0.15, 0.2) is 17.2 Å². The fourth-order valence-electron chi connectivity index (χ4n) is 1.38. The number of nitrogens with zero attached hydrogens (tertiary/aromatic N) is 2. The van der Waals surface area contributed by atoms with E-state index in [4.69, 9.17) is 14.7 Å². The molecular weight excluding hydrogens is 281 g/mol. The largest absolute Gasteiger partial charge is 0.491 e. The fourth-order valence-corrected chi connectivity index (χ4v) is 1.71. The van der Waals surface area contributed by atoms with E-state index in [0.717, 1.165) is 0 Å². The number of ether oxygens (including phenoxy) is 2. The minimum absolute atomic E-state index is 0.0806. The van der Waals surface area contributed by atoms with E-state index in [1.165, 1.54) is 17.8 Å². The van der Waals surface area contributed by atoms with Gasteiger partial charge < -0.3 is 9.47 Å². The Kier molecular flexibility index (Phi) is 7.47. The lowest BCUT2D eigenvalue weighted by Gasteiger charge is -2.10. The summed E-state index contributed by atoms with van der Waals surface area (Å²) in [6.07, 6.45) is 4.19. The summed E-state index contributed by atoms with van der Waals surface area (Å²) in [5.41, 5.74) is 0.0806. The smallest absolute Gasteiger partial charge is 0.183 e. The van der Waals surface area contributed by atoms with Crippen molar-refractivity contribution in [2.75, 3.05) is 26.6 Å². The lowest BCUT2D eigenvalue weighted by atomic mass is 10.3. The molecule has 0 aliphatic rings. The van der Waals surface area contributed by atoms with Crippen LogP contribution in [0.1, 0.15) is 6.42 Å². The van der Waals surface area contributed by atoms with Gasteiger partial charge in [0.05, 0.1) is 6.61 Å². The zero-order valence-electron chi connectivity index (χ0n) is 11.4. The van der Waals surface area contributed by atoms with Crippen LogP contribution >= 0.6 is 11.8 Å². The maximum absolute atomic E-state index is 13.8. The first kappa shape index (κ1) is 16.3. The average Bonchev–Trinajstić information content (AvgIpc) is 2.45. The third kappa shape index (κ3) is 5.07. The molecule has 0 saturated heterocycles. The van der Waals surface area contributed by atoms with Gasteiger partial charge in [0, 0.05) is 20.1 Å². The number of methoxy groups -OCH3 is 1. The molecule has 0 unspecified atom stereocenters. The zero-order chi connectivity index (χ0) is 14.8. The third-order valence-electron chi connectivity index (χ3n) is 2.27. The molecule has 0 amide bonds. The maximum Gasteiger partial charge on any atom is 0.183 e. The lowest BCUT2D eigenvalue weighted by molar-refractivity contribution is 0.172. The number of halogens is 1. The zero-order valence-corrected chi connectivity index (χ0v) is 12.2. The van der Waals surface area contributed by atoms with Gasteiger partial charge in [-0.1, -0.05) is 17.8 Å². The molecule has 0 aliphatic heterocycles. The number of thioether (sulfide) groups is 1. The van der Waals surface area contributed by atoms with Crippen LogP contribution in [0.25, 0.3) is 0 Å². The highest BCUT2D eigenvalue weighted by Gasteiger charge is 2.10. The van der Waals surface area contributed by atoms with Gasteiger partial charge in [0.25, 0.3) is 0 Å². The van der Waals surface area contributed by atoms with Gasteiger partial charge >= 0.3 is 0 Å². The van der Waals surface area contributed by atoms with E-state index in [9.17, 15) is 4.39 Å². The summed E-state index contributed by atoms with van der Waals surface area (Å²) < 4.78 is 24.2. The molecular formula is C13H16FN3O2S. The number of benzene rings is 1. The summed E-state index contributed by atoms with van der Waals surface area (Å²) in [5.74, 6) is -0.159. The Balaban J connectivity index is 2.90.